The molecule has 0 bridgehead atoms. The molecule has 2 saturated heterocycles. The molecule has 13 heteroatoms. The zero-order chi connectivity index (χ0) is 61.1. The van der Waals surface area contributed by atoms with Crippen molar-refractivity contribution in [2.45, 2.75) is 245 Å². The van der Waals surface area contributed by atoms with Gasteiger partial charge in [0.25, 0.3) is 0 Å². The summed E-state index contributed by atoms with van der Waals surface area (Å²) in [6.45, 7) is 23.0. The molecule has 0 amide bonds. The average Bonchev–Trinajstić information content (AvgIpc) is 1.14. The Morgan fingerprint density at radius 1 is 0.872 bits per heavy atom. The number of benzene rings is 1. The Hall–Kier alpha value is -3.53. The normalized spacial score (nSPS) is 41.1. The number of nitrogens with one attached hydrogen (secondary N) is 3. The Morgan fingerprint density at radius 2 is 1.62 bits per heavy atom. The van der Waals surface area contributed by atoms with Gasteiger partial charge < -0.3 is 50.1 Å². The van der Waals surface area contributed by atoms with Gasteiger partial charge in [0.05, 0.1) is 46.5 Å². The van der Waals surface area contributed by atoms with Crippen molar-refractivity contribution in [2.24, 2.45) is 68.0 Å². The Kier molecular flexibility index (Phi) is 15.4. The maximum absolute atomic E-state index is 16.2. The van der Waals surface area contributed by atoms with E-state index in [-0.39, 0.29) is 47.1 Å². The number of hydrogen-bond donors (Lipinski definition) is 7. The third-order valence-corrected chi connectivity index (χ3v) is 27.2. The summed E-state index contributed by atoms with van der Waals surface area (Å²) in [5.74, 6) is -0.0943. The van der Waals surface area contributed by atoms with Crippen LogP contribution in [0.5, 0.6) is 0 Å². The summed E-state index contributed by atoms with van der Waals surface area (Å²) in [5.41, 5.74) is 4.72. The molecule has 0 radical (unpaired) electrons. The number of rotatable bonds is 14. The van der Waals surface area contributed by atoms with Crippen molar-refractivity contribution in [1.29, 1.82) is 0 Å². The minimum Gasteiger partial charge on any atom is -0.393 e. The van der Waals surface area contributed by atoms with Crippen molar-refractivity contribution >= 4 is 28.4 Å². The molecule has 17 unspecified atom stereocenters. The molecule has 17 atom stereocenters. The topological polar surface area (TPSA) is 199 Å². The van der Waals surface area contributed by atoms with Crippen molar-refractivity contribution in [2.75, 3.05) is 40.4 Å². The highest BCUT2D eigenvalue weighted by Gasteiger charge is 2.78. The third-order valence-electron chi connectivity index (χ3n) is 27.2. The maximum Gasteiger partial charge on any atom is 0.160 e. The van der Waals surface area contributed by atoms with Gasteiger partial charge in [0, 0.05) is 91.6 Å². The van der Waals surface area contributed by atoms with Crippen molar-refractivity contribution < 1.29 is 44.3 Å². The molecule has 13 nitrogen and oxygen atoms in total. The van der Waals surface area contributed by atoms with Crippen LogP contribution in [0.3, 0.4) is 0 Å². The Morgan fingerprint density at radius 3 is 2.30 bits per heavy atom. The number of aryl methyl sites for hydroxylation is 1. The first-order chi connectivity index (χ1) is 40.7. The van der Waals surface area contributed by atoms with E-state index < -0.39 is 73.8 Å². The number of carbonyl (C=O) groups is 3. The second kappa shape index (κ2) is 21.5. The summed E-state index contributed by atoms with van der Waals surface area (Å²) >= 11 is 0. The van der Waals surface area contributed by atoms with E-state index >= 15 is 14.4 Å². The largest absolute Gasteiger partial charge is 0.393 e. The predicted octanol–water partition coefficient (Wildman–Crippen LogP) is 11.1. The monoisotopic (exact) mass is 1180 g/mol. The molecule has 13 rings (SSSR count). The molecule has 7 fully saturated rings. The zero-order valence-electron chi connectivity index (χ0n) is 54.2. The number of aliphatic hydroxyl groups is 4. The van der Waals surface area contributed by atoms with Gasteiger partial charge in [-0.15, -0.1) is 0 Å². The number of H-pyrrole nitrogens is 1. The molecule has 10 aliphatic rings. The van der Waals surface area contributed by atoms with Crippen LogP contribution in [0, 0.1) is 68.0 Å². The van der Waals surface area contributed by atoms with Gasteiger partial charge in [-0.1, -0.05) is 79.9 Å². The van der Waals surface area contributed by atoms with Crippen LogP contribution < -0.4 is 10.6 Å². The lowest BCUT2D eigenvalue weighted by Gasteiger charge is -2.74. The summed E-state index contributed by atoms with van der Waals surface area (Å²) in [5, 5.41) is 58.7. The number of hydrogen-bond acceptors (Lipinski definition) is 11. The number of aromatic amines is 1. The average molecular weight is 1180 g/mol. The molecular weight excluding hydrogens is 1080 g/mol. The number of ketones is 3. The van der Waals surface area contributed by atoms with Crippen LogP contribution in [-0.4, -0.2) is 118 Å². The minimum absolute atomic E-state index is 0.0616. The van der Waals surface area contributed by atoms with Crippen LogP contribution in [0.1, 0.15) is 223 Å². The summed E-state index contributed by atoms with van der Waals surface area (Å²) in [4.78, 5) is 51.2. The fraction of sp³-hybridized carbons (Fsp3) is 0.767. The SMILES string of the molecule is CNCCC1(C)C(=O)CC2(CCC(O)C2)C2(C)C1CCC1(C)C2C(O)C2Cn3cc(C4C(=O)C(CCC(C)C)Cc5c4cc(C4CCCCC4CNC)cc5C4(O)CCOCC4)c4[nH]cc(c43)CCC(C)(CC(O)C3OC3(C)C)C3=C2C1(C)CC3=O. The Bertz CT molecular complexity index is 3200. The van der Waals surface area contributed by atoms with Gasteiger partial charge in [-0.3, -0.25) is 14.4 Å². The fourth-order valence-electron chi connectivity index (χ4n) is 22.5. The van der Waals surface area contributed by atoms with Crippen LogP contribution in [0.2, 0.25) is 0 Å². The van der Waals surface area contributed by atoms with Gasteiger partial charge in [0.2, 0.25) is 0 Å². The maximum atomic E-state index is 16.2. The minimum atomic E-state index is -1.10. The Labute approximate surface area is 512 Å². The van der Waals surface area contributed by atoms with Crippen molar-refractivity contribution in [3.05, 3.63) is 69.1 Å². The first kappa shape index (κ1) is 61.3. The molecule has 2 aromatic heterocycles. The van der Waals surface area contributed by atoms with Crippen LogP contribution in [-0.2, 0) is 48.8 Å². The van der Waals surface area contributed by atoms with E-state index in [0.29, 0.717) is 115 Å². The van der Waals surface area contributed by atoms with E-state index in [1.807, 2.05) is 27.9 Å². The van der Waals surface area contributed by atoms with E-state index in [4.69, 9.17) is 9.47 Å². The smallest absolute Gasteiger partial charge is 0.160 e. The Balaban J connectivity index is 1.03. The molecule has 472 valence electrons. The summed E-state index contributed by atoms with van der Waals surface area (Å²) in [6.07, 6.45) is 15.8. The van der Waals surface area contributed by atoms with Gasteiger partial charge in [-0.25, -0.2) is 0 Å². The molecule has 5 heterocycles. The summed E-state index contributed by atoms with van der Waals surface area (Å²) in [6, 6.07) is 4.77. The van der Waals surface area contributed by atoms with Gasteiger partial charge in [-0.2, -0.15) is 0 Å². The van der Waals surface area contributed by atoms with Crippen molar-refractivity contribution in [3.8, 4) is 0 Å². The number of fused-ring (bicyclic) bond motifs is 6. The van der Waals surface area contributed by atoms with E-state index in [1.54, 1.807) is 0 Å². The molecule has 5 saturated carbocycles. The lowest BCUT2D eigenvalue weighted by Crippen LogP contribution is -2.72. The van der Waals surface area contributed by atoms with Gasteiger partial charge in [0.1, 0.15) is 17.7 Å². The fourth-order valence-corrected chi connectivity index (χ4v) is 22.5. The van der Waals surface area contributed by atoms with E-state index in [1.165, 1.54) is 12.0 Å². The molecule has 3 aliphatic heterocycles. The van der Waals surface area contributed by atoms with Gasteiger partial charge in [0.15, 0.2) is 5.78 Å². The molecule has 86 heavy (non-hydrogen) atoms. The number of epoxide rings is 1. The third kappa shape index (κ3) is 9.09. The van der Waals surface area contributed by atoms with E-state index in [9.17, 15) is 20.4 Å². The standard InChI is InChI=1S/C73H106N4O9/c1-41(2)16-17-42-30-48-49(31-45(47-15-13-12-14-43(47)37-75-11)32-52(48)73(84)25-28-85-29-26-73)57(62(42)82)50-39-77-40-51-58-59(67(5,34-54(80)65-66(3,4)86-65)21-18-44-38-76-60(50)61(44)77)53(79)35-70(58,8)69(7)22-20-55-68(6,24-27-74-10)56(81)36-72(23-19-46(78)33-72)71(55,9)64(69)63(51)83/h31-32,38-39,41-43,46-47,51,54-55,57,63-65,74-76,78,80,83-84H,12-30,33-37,40H2,1-11H3. The van der Waals surface area contributed by atoms with Crippen LogP contribution in [0.4, 0.5) is 0 Å². The number of aliphatic hydroxyl groups excluding tert-OH is 3. The summed E-state index contributed by atoms with van der Waals surface area (Å²) < 4.78 is 14.5. The van der Waals surface area contributed by atoms with Gasteiger partial charge >= 0.3 is 0 Å². The predicted molar refractivity (Wildman–Crippen MR) is 335 cm³/mol. The summed E-state index contributed by atoms with van der Waals surface area (Å²) in [7, 11) is 4.01. The zero-order valence-corrected chi connectivity index (χ0v) is 54.2. The highest BCUT2D eigenvalue weighted by atomic mass is 16.6. The quantitative estimate of drug-likeness (QED) is 0.0758. The second-order valence-electron chi connectivity index (χ2n) is 32.6. The molecular formula is C73H106N4O9. The van der Waals surface area contributed by atoms with E-state index in [2.05, 4.69) is 93.2 Å². The molecule has 7 aliphatic carbocycles. The van der Waals surface area contributed by atoms with Crippen LogP contribution in [0.25, 0.3) is 11.0 Å². The van der Waals surface area contributed by atoms with Crippen molar-refractivity contribution in [1.82, 2.24) is 20.2 Å². The first-order valence-corrected chi connectivity index (χ1v) is 34.3. The molecule has 3 aromatic rings. The van der Waals surface area contributed by atoms with Crippen molar-refractivity contribution in [3.63, 3.8) is 0 Å². The van der Waals surface area contributed by atoms with Gasteiger partial charge in [-0.05, 0) is 209 Å². The number of ether oxygens (including phenoxy) is 2. The number of nitrogens with zero attached hydrogens (tertiary/aromatic N) is 1. The van der Waals surface area contributed by atoms with E-state index in [0.717, 1.165) is 101 Å². The molecule has 1 aromatic carbocycles. The number of Topliss-reactive ketones (excluding diaryl/α,β-unsaturated/α-hetero) is 3. The number of aromatic nitrogens is 2. The second-order valence-corrected chi connectivity index (χ2v) is 32.6. The van der Waals surface area contributed by atoms with Crippen LogP contribution >= 0.6 is 0 Å². The first-order valence-electron chi connectivity index (χ1n) is 34.3. The number of allylic oxidation sites excluding steroid dienone is 1. The number of carbonyl (C=O) groups excluding carboxylic acids is 3. The van der Waals surface area contributed by atoms with Crippen LogP contribution in [0.15, 0.2) is 35.7 Å². The molecule has 1 spiro atoms. The highest BCUT2D eigenvalue weighted by Crippen LogP contribution is 2.80. The lowest BCUT2D eigenvalue weighted by atomic mass is 9.30. The lowest BCUT2D eigenvalue weighted by molar-refractivity contribution is -0.262. The molecule has 7 N–H and O–H groups in total. The highest BCUT2D eigenvalue weighted by molar-refractivity contribution is 6.02.